The molecule has 2 aromatic heterocycles. The van der Waals surface area contributed by atoms with E-state index in [1.165, 1.54) is 0 Å². The lowest BCUT2D eigenvalue weighted by Gasteiger charge is -2.06. The molecule has 0 bridgehead atoms. The molecule has 8 nitrogen and oxygen atoms in total. The van der Waals surface area contributed by atoms with Crippen LogP contribution in [0.3, 0.4) is 0 Å². The Kier molecular flexibility index (Phi) is 7.60. The van der Waals surface area contributed by atoms with E-state index in [1.54, 1.807) is 12.2 Å². The van der Waals surface area contributed by atoms with Gasteiger partial charge in [-0.15, -0.1) is 0 Å². The predicted octanol–water partition coefficient (Wildman–Crippen LogP) is 4.18. The lowest BCUT2D eigenvalue weighted by Crippen LogP contribution is -2.28. The van der Waals surface area contributed by atoms with Gasteiger partial charge in [0.2, 0.25) is 0 Å². The number of nitrogens with zero attached hydrogens (tertiary/aromatic N) is 2. The summed E-state index contributed by atoms with van der Waals surface area (Å²) in [7, 11) is 0. The Morgan fingerprint density at radius 2 is 1.17 bits per heavy atom. The Labute approximate surface area is 207 Å². The van der Waals surface area contributed by atoms with Crippen LogP contribution < -0.4 is 10.6 Å². The normalized spacial score (nSPS) is 11.7. The van der Waals surface area contributed by atoms with E-state index in [2.05, 4.69) is 20.6 Å². The molecule has 4 N–H and O–H groups in total. The molecule has 0 unspecified atom stereocenters. The zero-order valence-corrected chi connectivity index (χ0v) is 19.5. The molecular formula is C28H24N6O2. The van der Waals surface area contributed by atoms with Crippen LogP contribution in [0.5, 0.6) is 0 Å². The molecule has 2 amide bonds. The van der Waals surface area contributed by atoms with Crippen molar-refractivity contribution in [3.63, 3.8) is 0 Å². The maximum atomic E-state index is 12.4. The predicted molar refractivity (Wildman–Crippen MR) is 139 cm³/mol. The molecule has 0 fully saturated rings. The maximum Gasteiger partial charge on any atom is 0.261 e. The van der Waals surface area contributed by atoms with Crippen molar-refractivity contribution in [3.05, 3.63) is 83.2 Å². The quantitative estimate of drug-likeness (QED) is 0.164. The number of hydrogen-bond acceptors (Lipinski definition) is 4. The van der Waals surface area contributed by atoms with Gasteiger partial charge in [-0.05, 0) is 83.3 Å². The highest BCUT2D eigenvalue weighted by molar-refractivity contribution is 6.02. The molecule has 0 aliphatic rings. The molecule has 0 aliphatic heterocycles. The van der Waals surface area contributed by atoms with E-state index >= 15 is 0 Å². The minimum atomic E-state index is -0.440. The number of carbonyl (C=O) groups excluding carboxylic acids is 2. The van der Waals surface area contributed by atoms with Gasteiger partial charge in [0.25, 0.3) is 11.8 Å². The van der Waals surface area contributed by atoms with Crippen LogP contribution in [0.2, 0.25) is 0 Å². The van der Waals surface area contributed by atoms with Crippen LogP contribution in [-0.2, 0) is 9.59 Å². The first kappa shape index (κ1) is 24.1. The molecule has 0 aliphatic carbocycles. The van der Waals surface area contributed by atoms with Gasteiger partial charge in [-0.25, -0.2) is 0 Å². The number of benzene rings is 2. The van der Waals surface area contributed by atoms with E-state index in [4.69, 9.17) is 0 Å². The second kappa shape index (κ2) is 11.4. The lowest BCUT2D eigenvalue weighted by atomic mass is 10.1. The maximum absolute atomic E-state index is 12.4. The molecular weight excluding hydrogens is 452 g/mol. The minimum absolute atomic E-state index is 0.0276. The average molecular weight is 477 g/mol. The fourth-order valence-corrected chi connectivity index (χ4v) is 3.80. The Hall–Kier alpha value is -5.08. The number of amides is 2. The third kappa shape index (κ3) is 5.88. The van der Waals surface area contributed by atoms with E-state index in [9.17, 15) is 20.1 Å². The van der Waals surface area contributed by atoms with Gasteiger partial charge in [-0.2, -0.15) is 10.5 Å². The van der Waals surface area contributed by atoms with Crippen LogP contribution in [-0.4, -0.2) is 34.9 Å². The summed E-state index contributed by atoms with van der Waals surface area (Å²) in [6.07, 6.45) is 8.00. The van der Waals surface area contributed by atoms with Gasteiger partial charge in [-0.1, -0.05) is 12.1 Å². The minimum Gasteiger partial charge on any atom is -0.361 e. The summed E-state index contributed by atoms with van der Waals surface area (Å²) in [6, 6.07) is 19.0. The number of nitriles is 2. The summed E-state index contributed by atoms with van der Waals surface area (Å²) >= 11 is 0. The van der Waals surface area contributed by atoms with E-state index in [0.29, 0.717) is 25.9 Å². The SMILES string of the molecule is N#C/C(=C/c1ccc2[nH]ccc2c1)C(=O)NCCCCNC(=O)/C(C#N)=C/c1ccc2[nH]ccc2c1. The second-order valence-electron chi connectivity index (χ2n) is 8.21. The topological polar surface area (TPSA) is 137 Å². The van der Waals surface area contributed by atoms with Crippen LogP contribution in [0.25, 0.3) is 34.0 Å². The first-order valence-corrected chi connectivity index (χ1v) is 11.5. The molecule has 2 heterocycles. The largest absolute Gasteiger partial charge is 0.361 e. The van der Waals surface area contributed by atoms with Crippen LogP contribution >= 0.6 is 0 Å². The average Bonchev–Trinajstić information content (AvgIpc) is 3.56. The number of carbonyl (C=O) groups is 2. The van der Waals surface area contributed by atoms with Crippen molar-refractivity contribution < 1.29 is 9.59 Å². The van der Waals surface area contributed by atoms with Crippen LogP contribution in [0, 0.1) is 22.7 Å². The number of nitrogens with one attached hydrogen (secondary N) is 4. The molecule has 0 saturated carbocycles. The van der Waals surface area contributed by atoms with Crippen molar-refractivity contribution in [2.24, 2.45) is 0 Å². The lowest BCUT2D eigenvalue weighted by molar-refractivity contribution is -0.118. The molecule has 2 aromatic carbocycles. The third-order valence-electron chi connectivity index (χ3n) is 5.68. The molecule has 4 aromatic rings. The van der Waals surface area contributed by atoms with E-state index < -0.39 is 11.8 Å². The zero-order valence-electron chi connectivity index (χ0n) is 19.5. The van der Waals surface area contributed by atoms with Gasteiger partial charge in [-0.3, -0.25) is 9.59 Å². The summed E-state index contributed by atoms with van der Waals surface area (Å²) in [5.41, 5.74) is 3.56. The van der Waals surface area contributed by atoms with Crippen LogP contribution in [0.1, 0.15) is 24.0 Å². The van der Waals surface area contributed by atoms with Crippen molar-refractivity contribution in [2.75, 3.05) is 13.1 Å². The first-order chi connectivity index (χ1) is 17.6. The fraction of sp³-hybridized carbons (Fsp3) is 0.143. The Balaban J connectivity index is 1.22. The summed E-state index contributed by atoms with van der Waals surface area (Å²) in [5, 5.41) is 26.3. The van der Waals surface area contributed by atoms with Crippen LogP contribution in [0.4, 0.5) is 0 Å². The zero-order chi connectivity index (χ0) is 25.3. The van der Waals surface area contributed by atoms with Gasteiger partial charge < -0.3 is 20.6 Å². The summed E-state index contributed by atoms with van der Waals surface area (Å²) < 4.78 is 0. The van der Waals surface area contributed by atoms with Crippen molar-refractivity contribution in [3.8, 4) is 12.1 Å². The number of aromatic amines is 2. The van der Waals surface area contributed by atoms with Crippen molar-refractivity contribution in [1.82, 2.24) is 20.6 Å². The van der Waals surface area contributed by atoms with Gasteiger partial charge in [0.1, 0.15) is 23.3 Å². The van der Waals surface area contributed by atoms with E-state index in [-0.39, 0.29) is 11.1 Å². The molecule has 0 radical (unpaired) electrons. The summed E-state index contributed by atoms with van der Waals surface area (Å²) in [4.78, 5) is 31.0. The summed E-state index contributed by atoms with van der Waals surface area (Å²) in [5.74, 6) is -0.880. The molecule has 0 saturated heterocycles. The molecule has 0 spiro atoms. The summed E-state index contributed by atoms with van der Waals surface area (Å²) in [6.45, 7) is 0.727. The fourth-order valence-electron chi connectivity index (χ4n) is 3.80. The molecule has 0 atom stereocenters. The number of H-pyrrole nitrogens is 2. The highest BCUT2D eigenvalue weighted by Gasteiger charge is 2.10. The highest BCUT2D eigenvalue weighted by Crippen LogP contribution is 2.17. The number of fused-ring (bicyclic) bond motifs is 2. The van der Waals surface area contributed by atoms with Crippen molar-refractivity contribution in [1.29, 1.82) is 10.5 Å². The smallest absolute Gasteiger partial charge is 0.261 e. The Morgan fingerprint density at radius 3 is 1.58 bits per heavy atom. The van der Waals surface area contributed by atoms with Crippen molar-refractivity contribution in [2.45, 2.75) is 12.8 Å². The number of aromatic nitrogens is 2. The van der Waals surface area contributed by atoms with Gasteiger partial charge in [0.05, 0.1) is 0 Å². The second-order valence-corrected chi connectivity index (χ2v) is 8.21. The molecule has 36 heavy (non-hydrogen) atoms. The Bertz CT molecular complexity index is 1440. The van der Waals surface area contributed by atoms with Gasteiger partial charge in [0, 0.05) is 36.5 Å². The first-order valence-electron chi connectivity index (χ1n) is 11.5. The Morgan fingerprint density at radius 1 is 0.722 bits per heavy atom. The molecule has 178 valence electrons. The number of hydrogen-bond donors (Lipinski definition) is 4. The number of unbranched alkanes of at least 4 members (excludes halogenated alkanes) is 1. The standard InChI is InChI=1S/C28H24N6O2/c29-17-23(15-19-3-5-25-21(13-19)7-11-31-25)27(35)33-9-1-2-10-34-28(36)24(18-30)16-20-4-6-26-22(14-20)8-12-32-26/h3-8,11-16,31-32H,1-2,9-10H2,(H,33,35)(H,34,36)/b23-15-,24-16+. The van der Waals surface area contributed by atoms with Gasteiger partial charge in [0.15, 0.2) is 0 Å². The van der Waals surface area contributed by atoms with E-state index in [0.717, 1.165) is 32.9 Å². The van der Waals surface area contributed by atoms with E-state index in [1.807, 2.05) is 73.1 Å². The number of rotatable bonds is 9. The van der Waals surface area contributed by atoms with Gasteiger partial charge >= 0.3 is 0 Å². The molecule has 8 heteroatoms. The highest BCUT2D eigenvalue weighted by atomic mass is 16.2. The third-order valence-corrected chi connectivity index (χ3v) is 5.68. The monoisotopic (exact) mass is 476 g/mol. The molecule has 4 rings (SSSR count). The van der Waals surface area contributed by atoms with Crippen molar-refractivity contribution >= 4 is 45.8 Å². The van der Waals surface area contributed by atoms with Crippen LogP contribution in [0.15, 0.2) is 72.1 Å².